The Bertz CT molecular complexity index is 1500. The summed E-state index contributed by atoms with van der Waals surface area (Å²) in [6.07, 6.45) is 1.90. The maximum Gasteiger partial charge on any atom is 0.204 e. The zero-order chi connectivity index (χ0) is 22.9. The summed E-state index contributed by atoms with van der Waals surface area (Å²) < 4.78 is 7.62. The molecule has 4 nitrogen and oxygen atoms in total. The largest absolute Gasteiger partial charge is 0.455 e. The van der Waals surface area contributed by atoms with E-state index < -0.39 is 0 Å². The minimum absolute atomic E-state index is 0.00386. The fourth-order valence-corrected chi connectivity index (χ4v) is 5.88. The highest BCUT2D eigenvalue weighted by atomic mass is 32.1. The number of hydrogen-bond donors (Lipinski definition) is 1. The third-order valence-electron chi connectivity index (χ3n) is 5.92. The molecule has 0 spiro atoms. The van der Waals surface area contributed by atoms with Crippen molar-refractivity contribution < 1.29 is 4.74 Å². The highest BCUT2D eigenvalue weighted by Gasteiger charge is 2.32. The molecule has 0 radical (unpaired) electrons. The number of allylic oxidation sites excluding steroid dienone is 1. The normalized spacial score (nSPS) is 15.5. The van der Waals surface area contributed by atoms with Crippen LogP contribution in [0.15, 0.2) is 101 Å². The molecule has 0 bridgehead atoms. The lowest BCUT2D eigenvalue weighted by Gasteiger charge is -2.30. The maximum atomic E-state index is 6.49. The second kappa shape index (κ2) is 8.89. The van der Waals surface area contributed by atoms with Crippen LogP contribution in [-0.2, 0) is 0 Å². The summed E-state index contributed by atoms with van der Waals surface area (Å²) in [6.45, 7) is 2.16. The predicted molar refractivity (Wildman–Crippen MR) is 143 cm³/mol. The number of nitrogens with zero attached hydrogens (tertiary/aromatic N) is 2. The van der Waals surface area contributed by atoms with Crippen LogP contribution in [0.2, 0.25) is 0 Å². The lowest BCUT2D eigenvalue weighted by Crippen LogP contribution is -2.18. The Labute approximate surface area is 205 Å². The van der Waals surface area contributed by atoms with E-state index in [-0.39, 0.29) is 5.92 Å². The number of fused-ring (bicyclic) bond motifs is 2. The summed E-state index contributed by atoms with van der Waals surface area (Å²) in [6, 6.07) is 29.1. The van der Waals surface area contributed by atoms with Gasteiger partial charge >= 0.3 is 0 Å². The first-order chi connectivity index (χ1) is 16.8. The molecule has 3 heterocycles. The summed E-state index contributed by atoms with van der Waals surface area (Å²) in [5.74, 6) is 1.73. The van der Waals surface area contributed by atoms with Crippen molar-refractivity contribution in [3.05, 3.63) is 117 Å². The third kappa shape index (κ3) is 3.81. The first-order valence-electron chi connectivity index (χ1n) is 11.0. The molecule has 6 rings (SSSR count). The van der Waals surface area contributed by atoms with E-state index in [0.29, 0.717) is 0 Å². The average Bonchev–Trinajstić information content (AvgIpc) is 3.54. The van der Waals surface area contributed by atoms with Gasteiger partial charge in [0, 0.05) is 17.1 Å². The molecule has 166 valence electrons. The van der Waals surface area contributed by atoms with Crippen molar-refractivity contribution >= 4 is 50.0 Å². The molecule has 1 aliphatic heterocycles. The molecule has 0 saturated heterocycles. The lowest BCUT2D eigenvalue weighted by molar-refractivity contribution is 0.490. The fourth-order valence-electron chi connectivity index (χ4n) is 4.34. The number of ether oxygens (including phenoxy) is 1. The fraction of sp³-hybridized carbons (Fsp3) is 0.0714. The number of hydrogen-bond acceptors (Lipinski definition) is 6. The first-order valence-corrected chi connectivity index (χ1v) is 12.7. The lowest BCUT2D eigenvalue weighted by atomic mass is 9.80. The Morgan fingerprint density at radius 1 is 0.912 bits per heavy atom. The predicted octanol–water partition coefficient (Wildman–Crippen LogP) is 7.70. The third-order valence-corrected chi connectivity index (χ3v) is 7.73. The molecule has 0 saturated carbocycles. The van der Waals surface area contributed by atoms with Gasteiger partial charge in [0.15, 0.2) is 0 Å². The van der Waals surface area contributed by atoms with E-state index in [1.807, 2.05) is 42.6 Å². The summed E-state index contributed by atoms with van der Waals surface area (Å²) in [7, 11) is 0. The number of para-hydroxylation sites is 2. The monoisotopic (exact) mass is 479 g/mol. The van der Waals surface area contributed by atoms with Crippen molar-refractivity contribution in [1.29, 1.82) is 0 Å². The Hall–Kier alpha value is -3.74. The Kier molecular flexibility index (Phi) is 5.45. The summed E-state index contributed by atoms with van der Waals surface area (Å²) in [4.78, 5) is 5.72. The van der Waals surface area contributed by atoms with E-state index in [4.69, 9.17) is 4.74 Å². The Balaban J connectivity index is 1.47. The van der Waals surface area contributed by atoms with Crippen LogP contribution in [0, 0.1) is 6.92 Å². The van der Waals surface area contributed by atoms with Crippen LogP contribution in [0.1, 0.15) is 27.5 Å². The zero-order valence-electron chi connectivity index (χ0n) is 18.4. The van der Waals surface area contributed by atoms with Crippen molar-refractivity contribution in [2.45, 2.75) is 12.8 Å². The second-order valence-corrected chi connectivity index (χ2v) is 10.0. The van der Waals surface area contributed by atoms with Crippen LogP contribution in [0.25, 0.3) is 16.0 Å². The molecule has 0 aliphatic carbocycles. The van der Waals surface area contributed by atoms with Crippen LogP contribution in [-0.4, -0.2) is 11.2 Å². The van der Waals surface area contributed by atoms with Crippen molar-refractivity contribution in [2.75, 3.05) is 5.43 Å². The zero-order valence-corrected chi connectivity index (χ0v) is 20.1. The molecule has 3 aromatic carbocycles. The van der Waals surface area contributed by atoms with Crippen molar-refractivity contribution in [1.82, 2.24) is 4.98 Å². The minimum Gasteiger partial charge on any atom is -0.455 e. The number of thiazole rings is 1. The molecular formula is C28H21N3OS2. The topological polar surface area (TPSA) is 46.5 Å². The number of benzene rings is 3. The van der Waals surface area contributed by atoms with Crippen LogP contribution in [0.3, 0.4) is 0 Å². The number of aromatic nitrogens is 1. The molecule has 5 aromatic rings. The van der Waals surface area contributed by atoms with Gasteiger partial charge in [-0.2, -0.15) is 5.10 Å². The van der Waals surface area contributed by atoms with Crippen molar-refractivity contribution in [3.63, 3.8) is 0 Å². The van der Waals surface area contributed by atoms with Crippen molar-refractivity contribution in [3.8, 4) is 5.75 Å². The van der Waals surface area contributed by atoms with Gasteiger partial charge in [-0.05, 0) is 47.7 Å². The summed E-state index contributed by atoms with van der Waals surface area (Å²) in [5, 5.41) is 7.48. The molecule has 1 aliphatic rings. The van der Waals surface area contributed by atoms with E-state index in [1.165, 1.54) is 11.1 Å². The number of rotatable bonds is 5. The summed E-state index contributed by atoms with van der Waals surface area (Å²) in [5.41, 5.74) is 8.75. The van der Waals surface area contributed by atoms with Crippen LogP contribution >= 0.6 is 22.7 Å². The van der Waals surface area contributed by atoms with Crippen LogP contribution in [0.5, 0.6) is 5.75 Å². The number of nitrogens with one attached hydrogen (secondary N) is 1. The average molecular weight is 480 g/mol. The summed E-state index contributed by atoms with van der Waals surface area (Å²) >= 11 is 3.26. The van der Waals surface area contributed by atoms with Crippen molar-refractivity contribution in [2.24, 2.45) is 5.10 Å². The number of hydrazone groups is 1. The van der Waals surface area contributed by atoms with Gasteiger partial charge in [-0.1, -0.05) is 72.0 Å². The number of aryl methyl sites for hydroxylation is 1. The molecule has 34 heavy (non-hydrogen) atoms. The van der Waals surface area contributed by atoms with Gasteiger partial charge in [-0.15, -0.1) is 11.3 Å². The van der Waals surface area contributed by atoms with E-state index >= 15 is 0 Å². The van der Waals surface area contributed by atoms with E-state index in [9.17, 15) is 0 Å². The highest BCUT2D eigenvalue weighted by Crippen LogP contribution is 2.46. The molecule has 1 atom stereocenters. The molecule has 6 heteroatoms. The second-order valence-electron chi connectivity index (χ2n) is 8.05. The number of anilines is 1. The SMILES string of the molecule is Cc1ccccc1C1C(/C=N/Nc2nc3ccccc3s2)=C(c2cccs2)Oc2ccccc21. The standard InChI is InChI=1S/C28H21N3OS2/c1-18-9-2-3-10-19(18)26-20-11-4-6-13-23(20)32-27(25-15-8-16-33-25)21(26)17-29-31-28-30-22-12-5-7-14-24(22)34-28/h2-17,26H,1H3,(H,30,31)/b29-17+. The van der Waals surface area contributed by atoms with Crippen LogP contribution < -0.4 is 10.2 Å². The van der Waals surface area contributed by atoms with Gasteiger partial charge in [-0.25, -0.2) is 4.98 Å². The molecular weight excluding hydrogens is 458 g/mol. The van der Waals surface area contributed by atoms with Gasteiger partial charge in [0.25, 0.3) is 0 Å². The molecule has 1 unspecified atom stereocenters. The van der Waals surface area contributed by atoms with E-state index in [2.05, 4.69) is 76.3 Å². The van der Waals surface area contributed by atoms with Gasteiger partial charge in [0.1, 0.15) is 11.5 Å². The quantitative estimate of drug-likeness (QED) is 0.207. The minimum atomic E-state index is 0.00386. The first kappa shape index (κ1) is 20.8. The van der Waals surface area contributed by atoms with Gasteiger partial charge < -0.3 is 4.74 Å². The van der Waals surface area contributed by atoms with E-state index in [0.717, 1.165) is 42.9 Å². The smallest absolute Gasteiger partial charge is 0.204 e. The Morgan fingerprint density at radius 2 is 1.71 bits per heavy atom. The maximum absolute atomic E-state index is 6.49. The Morgan fingerprint density at radius 3 is 2.53 bits per heavy atom. The van der Waals surface area contributed by atoms with Gasteiger partial charge in [0.05, 0.1) is 21.3 Å². The molecule has 2 aromatic heterocycles. The highest BCUT2D eigenvalue weighted by molar-refractivity contribution is 7.22. The number of thiophene rings is 1. The van der Waals surface area contributed by atoms with Gasteiger partial charge in [-0.3, -0.25) is 5.43 Å². The molecule has 0 fully saturated rings. The molecule has 1 N–H and O–H groups in total. The molecule has 0 amide bonds. The van der Waals surface area contributed by atoms with Crippen LogP contribution in [0.4, 0.5) is 5.13 Å². The van der Waals surface area contributed by atoms with Gasteiger partial charge in [0.2, 0.25) is 5.13 Å². The van der Waals surface area contributed by atoms with E-state index in [1.54, 1.807) is 22.7 Å².